The molecule has 4 nitrogen and oxygen atoms in total. The average Bonchev–Trinajstić information content (AvgIpc) is 2.35. The number of hydrogen-bond donors (Lipinski definition) is 1. The Bertz CT molecular complexity index is 429. The van der Waals surface area contributed by atoms with Crippen LogP contribution in [0.4, 0.5) is 5.69 Å². The molecule has 0 saturated heterocycles. The van der Waals surface area contributed by atoms with Gasteiger partial charge in [-0.25, -0.2) is 0 Å². The Kier molecular flexibility index (Phi) is 5.80. The standard InChI is InChI=1S/C15H25N3O/c1-6-16-14-8-12(5)17-9-13(14)15(19)18(7-2)10-11(3)4/h8-9,11H,6-7,10H2,1-5H3,(H,16,17). The Morgan fingerprint density at radius 1 is 1.42 bits per heavy atom. The third-order valence-electron chi connectivity index (χ3n) is 2.89. The van der Waals surface area contributed by atoms with Crippen molar-refractivity contribution < 1.29 is 4.79 Å². The molecule has 1 heterocycles. The van der Waals surface area contributed by atoms with Gasteiger partial charge in [0.25, 0.3) is 5.91 Å². The molecule has 1 aromatic heterocycles. The molecule has 0 aliphatic carbocycles. The summed E-state index contributed by atoms with van der Waals surface area (Å²) in [6.45, 7) is 12.5. The quantitative estimate of drug-likeness (QED) is 0.858. The molecule has 0 spiro atoms. The van der Waals surface area contributed by atoms with Gasteiger partial charge in [0.15, 0.2) is 0 Å². The number of anilines is 1. The summed E-state index contributed by atoms with van der Waals surface area (Å²) in [4.78, 5) is 18.7. The van der Waals surface area contributed by atoms with Crippen molar-refractivity contribution >= 4 is 11.6 Å². The molecule has 0 aromatic carbocycles. The minimum Gasteiger partial charge on any atom is -0.385 e. The number of pyridine rings is 1. The van der Waals surface area contributed by atoms with Crippen molar-refractivity contribution in [3.63, 3.8) is 0 Å². The number of rotatable bonds is 6. The highest BCUT2D eigenvalue weighted by molar-refractivity contribution is 5.99. The molecule has 19 heavy (non-hydrogen) atoms. The molecule has 106 valence electrons. The van der Waals surface area contributed by atoms with Crippen LogP contribution in [0.15, 0.2) is 12.3 Å². The third-order valence-corrected chi connectivity index (χ3v) is 2.89. The Hall–Kier alpha value is -1.58. The first-order valence-electron chi connectivity index (χ1n) is 6.99. The second kappa shape index (κ2) is 7.12. The Morgan fingerprint density at radius 2 is 2.11 bits per heavy atom. The normalized spacial score (nSPS) is 10.6. The summed E-state index contributed by atoms with van der Waals surface area (Å²) < 4.78 is 0. The van der Waals surface area contributed by atoms with E-state index in [2.05, 4.69) is 24.1 Å². The first kappa shape index (κ1) is 15.5. The van der Waals surface area contributed by atoms with Crippen LogP contribution < -0.4 is 5.32 Å². The van der Waals surface area contributed by atoms with Crippen molar-refractivity contribution in [2.45, 2.75) is 34.6 Å². The molecule has 1 N–H and O–H groups in total. The maximum Gasteiger partial charge on any atom is 0.257 e. The molecule has 0 aliphatic rings. The van der Waals surface area contributed by atoms with Crippen molar-refractivity contribution in [1.29, 1.82) is 0 Å². The lowest BCUT2D eigenvalue weighted by atomic mass is 10.1. The van der Waals surface area contributed by atoms with Crippen LogP contribution in [0.2, 0.25) is 0 Å². The lowest BCUT2D eigenvalue weighted by molar-refractivity contribution is 0.0746. The summed E-state index contributed by atoms with van der Waals surface area (Å²) in [5, 5.41) is 3.24. The van der Waals surface area contributed by atoms with E-state index in [1.165, 1.54) is 0 Å². The van der Waals surface area contributed by atoms with E-state index in [4.69, 9.17) is 0 Å². The van der Waals surface area contributed by atoms with Gasteiger partial charge in [-0.3, -0.25) is 9.78 Å². The SMILES string of the molecule is CCNc1cc(C)ncc1C(=O)N(CC)CC(C)C. The van der Waals surface area contributed by atoms with E-state index in [-0.39, 0.29) is 5.91 Å². The fourth-order valence-electron chi connectivity index (χ4n) is 2.03. The first-order valence-corrected chi connectivity index (χ1v) is 6.99. The topological polar surface area (TPSA) is 45.2 Å². The predicted octanol–water partition coefficient (Wildman–Crippen LogP) is 2.94. The molecule has 4 heteroatoms. The van der Waals surface area contributed by atoms with Crippen molar-refractivity contribution in [2.24, 2.45) is 5.92 Å². The first-order chi connectivity index (χ1) is 8.99. The monoisotopic (exact) mass is 263 g/mol. The molecule has 0 radical (unpaired) electrons. The second-order valence-corrected chi connectivity index (χ2v) is 5.14. The molecule has 1 amide bonds. The van der Waals surface area contributed by atoms with Gasteiger partial charge in [-0.1, -0.05) is 13.8 Å². The maximum atomic E-state index is 12.6. The minimum absolute atomic E-state index is 0.0552. The third kappa shape index (κ3) is 4.23. The zero-order valence-electron chi connectivity index (χ0n) is 12.7. The molecule has 0 bridgehead atoms. The van der Waals surface area contributed by atoms with Gasteiger partial charge in [-0.2, -0.15) is 0 Å². The van der Waals surface area contributed by atoms with E-state index in [1.807, 2.05) is 31.7 Å². The second-order valence-electron chi connectivity index (χ2n) is 5.14. The Labute approximate surface area is 116 Å². The number of nitrogens with zero attached hydrogens (tertiary/aromatic N) is 2. The minimum atomic E-state index is 0.0552. The summed E-state index contributed by atoms with van der Waals surface area (Å²) >= 11 is 0. The number of amides is 1. The molecule has 0 fully saturated rings. The number of nitrogens with one attached hydrogen (secondary N) is 1. The molecular formula is C15H25N3O. The fourth-order valence-corrected chi connectivity index (χ4v) is 2.03. The zero-order valence-corrected chi connectivity index (χ0v) is 12.7. The largest absolute Gasteiger partial charge is 0.385 e. The van der Waals surface area contributed by atoms with E-state index in [0.29, 0.717) is 11.5 Å². The van der Waals surface area contributed by atoms with Crippen LogP contribution in [0.25, 0.3) is 0 Å². The fraction of sp³-hybridized carbons (Fsp3) is 0.600. The lowest BCUT2D eigenvalue weighted by Gasteiger charge is -2.24. The van der Waals surface area contributed by atoms with Crippen LogP contribution in [0.1, 0.15) is 43.7 Å². The molecule has 0 atom stereocenters. The van der Waals surface area contributed by atoms with Crippen LogP contribution in [-0.2, 0) is 0 Å². The van der Waals surface area contributed by atoms with E-state index in [1.54, 1.807) is 6.20 Å². The number of aryl methyl sites for hydroxylation is 1. The highest BCUT2D eigenvalue weighted by atomic mass is 16.2. The molecule has 0 unspecified atom stereocenters. The molecule has 1 aromatic rings. The highest BCUT2D eigenvalue weighted by Gasteiger charge is 2.18. The van der Waals surface area contributed by atoms with Gasteiger partial charge in [0.1, 0.15) is 0 Å². The van der Waals surface area contributed by atoms with Gasteiger partial charge in [-0.05, 0) is 32.8 Å². The van der Waals surface area contributed by atoms with E-state index < -0.39 is 0 Å². The summed E-state index contributed by atoms with van der Waals surface area (Å²) in [7, 11) is 0. The zero-order chi connectivity index (χ0) is 14.4. The van der Waals surface area contributed by atoms with Gasteiger partial charge >= 0.3 is 0 Å². The molecule has 1 rings (SSSR count). The summed E-state index contributed by atoms with van der Waals surface area (Å²) in [5.74, 6) is 0.518. The van der Waals surface area contributed by atoms with Gasteiger partial charge in [0.2, 0.25) is 0 Å². The van der Waals surface area contributed by atoms with Crippen LogP contribution in [-0.4, -0.2) is 35.4 Å². The van der Waals surface area contributed by atoms with Crippen LogP contribution in [0, 0.1) is 12.8 Å². The number of carbonyl (C=O) groups is 1. The van der Waals surface area contributed by atoms with Crippen molar-refractivity contribution in [3.8, 4) is 0 Å². The van der Waals surface area contributed by atoms with Crippen LogP contribution in [0.3, 0.4) is 0 Å². The smallest absolute Gasteiger partial charge is 0.257 e. The van der Waals surface area contributed by atoms with E-state index >= 15 is 0 Å². The van der Waals surface area contributed by atoms with Gasteiger partial charge < -0.3 is 10.2 Å². The van der Waals surface area contributed by atoms with Crippen molar-refractivity contribution in [1.82, 2.24) is 9.88 Å². The molecule has 0 saturated carbocycles. The van der Waals surface area contributed by atoms with Crippen molar-refractivity contribution in [3.05, 3.63) is 23.5 Å². The molecule has 0 aliphatic heterocycles. The summed E-state index contributed by atoms with van der Waals surface area (Å²) in [5.41, 5.74) is 2.46. The summed E-state index contributed by atoms with van der Waals surface area (Å²) in [6, 6.07) is 1.93. The van der Waals surface area contributed by atoms with Crippen LogP contribution >= 0.6 is 0 Å². The van der Waals surface area contributed by atoms with Gasteiger partial charge in [-0.15, -0.1) is 0 Å². The average molecular weight is 263 g/mol. The predicted molar refractivity (Wildman–Crippen MR) is 79.6 cm³/mol. The highest BCUT2D eigenvalue weighted by Crippen LogP contribution is 2.18. The van der Waals surface area contributed by atoms with Gasteiger partial charge in [0.05, 0.1) is 11.3 Å². The summed E-state index contributed by atoms with van der Waals surface area (Å²) in [6.07, 6.45) is 1.68. The Morgan fingerprint density at radius 3 is 2.63 bits per heavy atom. The lowest BCUT2D eigenvalue weighted by Crippen LogP contribution is -2.34. The number of carbonyl (C=O) groups excluding carboxylic acids is 1. The van der Waals surface area contributed by atoms with E-state index in [9.17, 15) is 4.79 Å². The van der Waals surface area contributed by atoms with Crippen LogP contribution in [0.5, 0.6) is 0 Å². The molecular weight excluding hydrogens is 238 g/mol. The van der Waals surface area contributed by atoms with Crippen molar-refractivity contribution in [2.75, 3.05) is 25.0 Å². The maximum absolute atomic E-state index is 12.6. The number of aromatic nitrogens is 1. The van der Waals surface area contributed by atoms with Gasteiger partial charge in [0, 0.05) is 31.5 Å². The number of hydrogen-bond acceptors (Lipinski definition) is 3. The van der Waals surface area contributed by atoms with E-state index in [0.717, 1.165) is 31.0 Å². The Balaban J connectivity index is 3.02.